The zero-order valence-corrected chi connectivity index (χ0v) is 10.2. The van der Waals surface area contributed by atoms with Gasteiger partial charge in [0.2, 0.25) is 0 Å². The van der Waals surface area contributed by atoms with E-state index in [2.05, 4.69) is 9.97 Å². The number of aromatic nitrogens is 2. The van der Waals surface area contributed by atoms with Crippen molar-refractivity contribution in [1.82, 2.24) is 9.97 Å². The van der Waals surface area contributed by atoms with Crippen molar-refractivity contribution in [2.75, 3.05) is 5.73 Å². The van der Waals surface area contributed by atoms with Crippen molar-refractivity contribution in [3.8, 4) is 11.3 Å². The third-order valence-corrected chi connectivity index (χ3v) is 3.71. The Morgan fingerprint density at radius 2 is 1.94 bits per heavy atom. The number of thiophene rings is 1. The van der Waals surface area contributed by atoms with Crippen molar-refractivity contribution in [2.45, 2.75) is 6.92 Å². The number of fused-ring (bicyclic) bond motifs is 1. The second kappa shape index (κ2) is 3.82. The molecule has 0 amide bonds. The van der Waals surface area contributed by atoms with Gasteiger partial charge in [0.1, 0.15) is 10.3 Å². The van der Waals surface area contributed by atoms with E-state index in [9.17, 15) is 0 Å². The summed E-state index contributed by atoms with van der Waals surface area (Å²) in [4.78, 5) is 11.0. The lowest BCUT2D eigenvalue weighted by atomic mass is 10.2. The zero-order chi connectivity index (χ0) is 11.8. The Balaban J connectivity index is 2.23. The summed E-state index contributed by atoms with van der Waals surface area (Å²) in [5, 5.41) is 0. The summed E-state index contributed by atoms with van der Waals surface area (Å²) >= 11 is 1.58. The van der Waals surface area contributed by atoms with Gasteiger partial charge in [0.15, 0.2) is 0 Å². The molecule has 0 fully saturated rings. The average Bonchev–Trinajstić information content (AvgIpc) is 2.66. The van der Waals surface area contributed by atoms with Crippen LogP contribution in [0.2, 0.25) is 0 Å². The summed E-state index contributed by atoms with van der Waals surface area (Å²) in [6, 6.07) is 10.0. The quantitative estimate of drug-likeness (QED) is 0.711. The normalized spacial score (nSPS) is 10.9. The minimum atomic E-state index is 0.746. The molecular formula is C13H11N3S. The van der Waals surface area contributed by atoms with Gasteiger partial charge in [-0.15, -0.1) is 11.3 Å². The van der Waals surface area contributed by atoms with Crippen LogP contribution in [-0.2, 0) is 0 Å². The van der Waals surface area contributed by atoms with Gasteiger partial charge in [-0.25, -0.2) is 9.97 Å². The summed E-state index contributed by atoms with van der Waals surface area (Å²) in [5.74, 6) is 0. The van der Waals surface area contributed by atoms with Crippen LogP contribution in [0.3, 0.4) is 0 Å². The summed E-state index contributed by atoms with van der Waals surface area (Å²) in [6.07, 6.45) is 1.80. The van der Waals surface area contributed by atoms with E-state index < -0.39 is 0 Å². The van der Waals surface area contributed by atoms with Gasteiger partial charge >= 0.3 is 0 Å². The second-order valence-electron chi connectivity index (χ2n) is 3.85. The Morgan fingerprint density at radius 1 is 1.18 bits per heavy atom. The first-order valence-corrected chi connectivity index (χ1v) is 6.14. The largest absolute Gasteiger partial charge is 0.396 e. The number of aryl methyl sites for hydroxylation is 1. The van der Waals surface area contributed by atoms with Crippen molar-refractivity contribution in [1.29, 1.82) is 0 Å². The molecule has 2 aromatic heterocycles. The fourth-order valence-electron chi connectivity index (χ4n) is 1.74. The highest BCUT2D eigenvalue weighted by molar-refractivity contribution is 7.19. The van der Waals surface area contributed by atoms with E-state index in [1.54, 1.807) is 17.5 Å². The van der Waals surface area contributed by atoms with E-state index in [4.69, 9.17) is 5.73 Å². The van der Waals surface area contributed by atoms with Gasteiger partial charge < -0.3 is 5.73 Å². The number of nitrogens with two attached hydrogens (primary N) is 1. The number of anilines is 1. The van der Waals surface area contributed by atoms with Crippen molar-refractivity contribution < 1.29 is 0 Å². The predicted octanol–water partition coefficient (Wildman–Crippen LogP) is 3.25. The van der Waals surface area contributed by atoms with E-state index in [1.807, 2.05) is 37.3 Å². The van der Waals surface area contributed by atoms with Gasteiger partial charge in [0.25, 0.3) is 0 Å². The van der Waals surface area contributed by atoms with Crippen LogP contribution < -0.4 is 5.73 Å². The lowest BCUT2D eigenvalue weighted by Crippen LogP contribution is -1.90. The molecule has 17 heavy (non-hydrogen) atoms. The van der Waals surface area contributed by atoms with E-state index >= 15 is 0 Å². The van der Waals surface area contributed by atoms with Crippen LogP contribution in [0.25, 0.3) is 21.6 Å². The maximum absolute atomic E-state index is 5.99. The summed E-state index contributed by atoms with van der Waals surface area (Å²) in [7, 11) is 0. The molecule has 0 radical (unpaired) electrons. The Bertz CT molecular complexity index is 674. The van der Waals surface area contributed by atoms with Gasteiger partial charge in [0, 0.05) is 10.4 Å². The van der Waals surface area contributed by atoms with Gasteiger partial charge in [-0.3, -0.25) is 0 Å². The van der Waals surface area contributed by atoms with E-state index in [1.165, 1.54) is 0 Å². The maximum Gasteiger partial charge on any atom is 0.144 e. The van der Waals surface area contributed by atoms with Gasteiger partial charge in [-0.2, -0.15) is 0 Å². The van der Waals surface area contributed by atoms with Crippen LogP contribution in [0.1, 0.15) is 4.88 Å². The Kier molecular flexibility index (Phi) is 2.30. The average molecular weight is 241 g/mol. The van der Waals surface area contributed by atoms with E-state index in [0.717, 1.165) is 32.2 Å². The van der Waals surface area contributed by atoms with Crippen molar-refractivity contribution in [3.63, 3.8) is 0 Å². The predicted molar refractivity (Wildman–Crippen MR) is 72.0 cm³/mol. The smallest absolute Gasteiger partial charge is 0.144 e. The summed E-state index contributed by atoms with van der Waals surface area (Å²) in [5.41, 5.74) is 9.48. The molecular weight excluding hydrogens is 230 g/mol. The molecule has 0 aliphatic rings. The molecule has 3 aromatic rings. The highest BCUT2D eigenvalue weighted by Crippen LogP contribution is 2.31. The molecule has 0 bridgehead atoms. The van der Waals surface area contributed by atoms with Crippen molar-refractivity contribution in [3.05, 3.63) is 41.4 Å². The molecule has 0 unspecified atom stereocenters. The highest BCUT2D eigenvalue weighted by Gasteiger charge is 2.09. The van der Waals surface area contributed by atoms with Gasteiger partial charge in [-0.1, -0.05) is 30.3 Å². The van der Waals surface area contributed by atoms with Gasteiger partial charge in [-0.05, 0) is 6.92 Å². The molecule has 0 spiro atoms. The number of benzene rings is 1. The minimum Gasteiger partial charge on any atom is -0.396 e. The molecule has 0 saturated carbocycles. The molecule has 2 N–H and O–H groups in total. The third kappa shape index (κ3) is 1.66. The molecule has 0 aliphatic heterocycles. The molecule has 1 aromatic carbocycles. The van der Waals surface area contributed by atoms with Crippen molar-refractivity contribution in [2.24, 2.45) is 0 Å². The van der Waals surface area contributed by atoms with Crippen LogP contribution in [0, 0.1) is 6.92 Å². The highest BCUT2D eigenvalue weighted by atomic mass is 32.1. The molecule has 84 valence electrons. The van der Waals surface area contributed by atoms with E-state index in [0.29, 0.717) is 0 Å². The number of hydrogen-bond donors (Lipinski definition) is 1. The van der Waals surface area contributed by atoms with Crippen LogP contribution >= 0.6 is 11.3 Å². The third-order valence-electron chi connectivity index (χ3n) is 2.69. The summed E-state index contributed by atoms with van der Waals surface area (Å²) in [6.45, 7) is 1.99. The fourth-order valence-corrected chi connectivity index (χ4v) is 2.60. The number of rotatable bonds is 1. The molecule has 0 aliphatic carbocycles. The monoisotopic (exact) mass is 241 g/mol. The fraction of sp³-hybridized carbons (Fsp3) is 0.0769. The standard InChI is InChI=1S/C13H11N3S/c1-8-11(14)12-13(17-8)15-7-10(16-12)9-5-3-2-4-6-9/h2-7H,14H2,1H3. The Morgan fingerprint density at radius 3 is 2.71 bits per heavy atom. The van der Waals surface area contributed by atoms with Gasteiger partial charge in [0.05, 0.1) is 17.6 Å². The first-order chi connectivity index (χ1) is 8.25. The first kappa shape index (κ1) is 10.2. The Hall–Kier alpha value is -1.94. The zero-order valence-electron chi connectivity index (χ0n) is 9.34. The van der Waals surface area contributed by atoms with Crippen LogP contribution in [-0.4, -0.2) is 9.97 Å². The molecule has 3 nitrogen and oxygen atoms in total. The second-order valence-corrected chi connectivity index (χ2v) is 5.05. The van der Waals surface area contributed by atoms with Crippen LogP contribution in [0.4, 0.5) is 5.69 Å². The summed E-state index contributed by atoms with van der Waals surface area (Å²) < 4.78 is 0. The van der Waals surface area contributed by atoms with Crippen molar-refractivity contribution >= 4 is 27.4 Å². The Labute approximate surface area is 103 Å². The lowest BCUT2D eigenvalue weighted by molar-refractivity contribution is 1.31. The van der Waals surface area contributed by atoms with Crippen LogP contribution in [0.5, 0.6) is 0 Å². The first-order valence-electron chi connectivity index (χ1n) is 5.33. The molecule has 4 heteroatoms. The maximum atomic E-state index is 5.99. The molecule has 2 heterocycles. The molecule has 0 atom stereocenters. The molecule has 0 saturated heterocycles. The SMILES string of the molecule is Cc1sc2ncc(-c3ccccc3)nc2c1N. The topological polar surface area (TPSA) is 51.8 Å². The molecule has 3 rings (SSSR count). The van der Waals surface area contributed by atoms with E-state index in [-0.39, 0.29) is 0 Å². The minimum absolute atomic E-state index is 0.746. The lowest BCUT2D eigenvalue weighted by Gasteiger charge is -2.00. The number of nitrogens with zero attached hydrogens (tertiary/aromatic N) is 2. The number of hydrogen-bond acceptors (Lipinski definition) is 4. The van der Waals surface area contributed by atoms with Crippen LogP contribution in [0.15, 0.2) is 36.5 Å². The number of nitrogen functional groups attached to an aromatic ring is 1.